The fraction of sp³-hybridized carbons (Fsp3) is 0.294. The molecule has 5 heteroatoms. The fourth-order valence-electron chi connectivity index (χ4n) is 2.03. The van der Waals surface area contributed by atoms with Crippen LogP contribution in [-0.2, 0) is 0 Å². The van der Waals surface area contributed by atoms with Gasteiger partial charge in [-0.3, -0.25) is 0 Å². The molecule has 0 aliphatic rings. The van der Waals surface area contributed by atoms with E-state index in [1.54, 1.807) is 12.1 Å². The Balaban J connectivity index is 2.09. The summed E-state index contributed by atoms with van der Waals surface area (Å²) in [6.07, 6.45) is -0.801. The van der Waals surface area contributed by atoms with Crippen molar-refractivity contribution in [1.82, 2.24) is 0 Å². The van der Waals surface area contributed by atoms with Gasteiger partial charge in [0, 0.05) is 12.2 Å². The maximum Gasteiger partial charge on any atom is 0.146 e. The lowest BCUT2D eigenvalue weighted by Crippen LogP contribution is -2.22. The molecule has 2 aromatic carbocycles. The average molecular weight is 322 g/mol. The molecule has 0 aliphatic carbocycles. The van der Waals surface area contributed by atoms with Gasteiger partial charge in [0.05, 0.1) is 17.7 Å². The largest absolute Gasteiger partial charge is 0.456 e. The number of hydrogen-bond acceptors (Lipinski definition) is 4. The number of hydrogen-bond donors (Lipinski definition) is 3. The third-order valence-electron chi connectivity index (χ3n) is 3.23. The number of halogens is 1. The number of anilines is 1. The van der Waals surface area contributed by atoms with Crippen molar-refractivity contribution in [2.24, 2.45) is 0 Å². The Bertz CT molecular complexity index is 646. The monoisotopic (exact) mass is 321 g/mol. The van der Waals surface area contributed by atoms with E-state index in [1.807, 2.05) is 32.0 Å². The van der Waals surface area contributed by atoms with E-state index in [2.05, 4.69) is 11.4 Å². The minimum atomic E-state index is -0.801. The molecule has 1 atom stereocenters. The highest BCUT2D eigenvalue weighted by Crippen LogP contribution is 2.33. The predicted molar refractivity (Wildman–Crippen MR) is 89.0 cm³/mol. The summed E-state index contributed by atoms with van der Waals surface area (Å²) in [7, 11) is 0. The van der Waals surface area contributed by atoms with Crippen LogP contribution in [0.5, 0.6) is 11.5 Å². The minimum absolute atomic E-state index is 0.254. The SMILES string of the molecule is Cc1ccc(Oc2ccc(NCC(O)CO)cc2Cl)c(C)c1. The van der Waals surface area contributed by atoms with Crippen molar-refractivity contribution in [1.29, 1.82) is 0 Å². The topological polar surface area (TPSA) is 61.7 Å². The Kier molecular flexibility index (Phi) is 5.66. The minimum Gasteiger partial charge on any atom is -0.456 e. The zero-order chi connectivity index (χ0) is 16.1. The van der Waals surface area contributed by atoms with Crippen LogP contribution in [0.25, 0.3) is 0 Å². The van der Waals surface area contributed by atoms with Gasteiger partial charge in [-0.05, 0) is 43.7 Å². The third-order valence-corrected chi connectivity index (χ3v) is 3.53. The molecule has 0 heterocycles. The molecule has 0 bridgehead atoms. The van der Waals surface area contributed by atoms with Gasteiger partial charge in [-0.25, -0.2) is 0 Å². The van der Waals surface area contributed by atoms with Crippen LogP contribution in [0.1, 0.15) is 11.1 Å². The van der Waals surface area contributed by atoms with E-state index in [9.17, 15) is 5.11 Å². The van der Waals surface area contributed by atoms with E-state index < -0.39 is 6.10 Å². The molecule has 2 aromatic rings. The molecule has 0 spiro atoms. The van der Waals surface area contributed by atoms with Gasteiger partial charge in [0.25, 0.3) is 0 Å². The third kappa shape index (κ3) is 4.37. The second kappa shape index (κ2) is 7.49. The van der Waals surface area contributed by atoms with Gasteiger partial charge in [-0.15, -0.1) is 0 Å². The lowest BCUT2D eigenvalue weighted by atomic mass is 10.1. The first-order valence-corrected chi connectivity index (χ1v) is 7.45. The summed E-state index contributed by atoms with van der Waals surface area (Å²) in [6.45, 7) is 3.99. The predicted octanol–water partition coefficient (Wildman–Crippen LogP) is 3.51. The highest BCUT2D eigenvalue weighted by Gasteiger charge is 2.08. The number of aliphatic hydroxyl groups is 2. The molecule has 118 valence electrons. The lowest BCUT2D eigenvalue weighted by molar-refractivity contribution is 0.105. The second-order valence-corrected chi connectivity index (χ2v) is 5.64. The van der Waals surface area contributed by atoms with E-state index in [0.717, 1.165) is 17.0 Å². The van der Waals surface area contributed by atoms with Crippen LogP contribution in [0.3, 0.4) is 0 Å². The van der Waals surface area contributed by atoms with Gasteiger partial charge >= 0.3 is 0 Å². The Morgan fingerprint density at radius 3 is 2.50 bits per heavy atom. The first-order valence-electron chi connectivity index (χ1n) is 7.07. The van der Waals surface area contributed by atoms with Gasteiger partial charge in [0.2, 0.25) is 0 Å². The number of ether oxygens (including phenoxy) is 1. The van der Waals surface area contributed by atoms with Crippen molar-refractivity contribution in [2.75, 3.05) is 18.5 Å². The molecule has 0 aromatic heterocycles. The number of rotatable bonds is 6. The molecule has 3 N–H and O–H groups in total. The van der Waals surface area contributed by atoms with Crippen molar-refractivity contribution in [3.63, 3.8) is 0 Å². The summed E-state index contributed by atoms with van der Waals surface area (Å²) in [5, 5.41) is 21.6. The first kappa shape index (κ1) is 16.6. The normalized spacial score (nSPS) is 12.0. The molecular formula is C17H20ClNO3. The Morgan fingerprint density at radius 2 is 1.86 bits per heavy atom. The second-order valence-electron chi connectivity index (χ2n) is 5.23. The number of aliphatic hydroxyl groups excluding tert-OH is 2. The van der Waals surface area contributed by atoms with Gasteiger partial charge in [0.1, 0.15) is 11.5 Å². The molecular weight excluding hydrogens is 302 g/mol. The van der Waals surface area contributed by atoms with Crippen molar-refractivity contribution < 1.29 is 14.9 Å². The number of nitrogens with one attached hydrogen (secondary N) is 1. The summed E-state index contributed by atoms with van der Waals surface area (Å²) >= 11 is 6.24. The Hall–Kier alpha value is -1.75. The number of aryl methyl sites for hydroxylation is 2. The Morgan fingerprint density at radius 1 is 1.14 bits per heavy atom. The fourth-order valence-corrected chi connectivity index (χ4v) is 2.25. The molecule has 4 nitrogen and oxygen atoms in total. The molecule has 0 radical (unpaired) electrons. The van der Waals surface area contributed by atoms with Crippen LogP contribution < -0.4 is 10.1 Å². The summed E-state index contributed by atoms with van der Waals surface area (Å²) in [6, 6.07) is 11.3. The zero-order valence-corrected chi connectivity index (χ0v) is 13.4. The molecule has 2 rings (SSSR count). The van der Waals surface area contributed by atoms with E-state index in [4.69, 9.17) is 21.4 Å². The average Bonchev–Trinajstić information content (AvgIpc) is 2.49. The zero-order valence-electron chi connectivity index (χ0n) is 12.6. The van der Waals surface area contributed by atoms with E-state index in [1.165, 1.54) is 5.56 Å². The molecule has 0 amide bonds. The quantitative estimate of drug-likeness (QED) is 0.762. The van der Waals surface area contributed by atoms with Crippen LogP contribution in [0.4, 0.5) is 5.69 Å². The van der Waals surface area contributed by atoms with Crippen LogP contribution in [0.2, 0.25) is 5.02 Å². The summed E-state index contributed by atoms with van der Waals surface area (Å²) in [4.78, 5) is 0. The highest BCUT2D eigenvalue weighted by molar-refractivity contribution is 6.32. The lowest BCUT2D eigenvalue weighted by Gasteiger charge is -2.13. The van der Waals surface area contributed by atoms with Crippen LogP contribution in [0, 0.1) is 13.8 Å². The maximum absolute atomic E-state index is 9.32. The first-order chi connectivity index (χ1) is 10.5. The van der Waals surface area contributed by atoms with E-state index >= 15 is 0 Å². The smallest absolute Gasteiger partial charge is 0.146 e. The van der Waals surface area contributed by atoms with Gasteiger partial charge < -0.3 is 20.3 Å². The van der Waals surface area contributed by atoms with Crippen LogP contribution in [0.15, 0.2) is 36.4 Å². The van der Waals surface area contributed by atoms with Crippen molar-refractivity contribution in [2.45, 2.75) is 20.0 Å². The van der Waals surface area contributed by atoms with E-state index in [-0.39, 0.29) is 13.2 Å². The van der Waals surface area contributed by atoms with Gasteiger partial charge in [-0.2, -0.15) is 0 Å². The maximum atomic E-state index is 9.32. The van der Waals surface area contributed by atoms with Gasteiger partial charge in [-0.1, -0.05) is 29.3 Å². The molecule has 0 aliphatic heterocycles. The van der Waals surface area contributed by atoms with E-state index in [0.29, 0.717) is 10.8 Å². The summed E-state index contributed by atoms with van der Waals surface area (Å²) in [5.41, 5.74) is 2.98. The highest BCUT2D eigenvalue weighted by atomic mass is 35.5. The van der Waals surface area contributed by atoms with Crippen LogP contribution >= 0.6 is 11.6 Å². The summed E-state index contributed by atoms with van der Waals surface area (Å²) < 4.78 is 5.85. The van der Waals surface area contributed by atoms with Crippen LogP contribution in [-0.4, -0.2) is 29.5 Å². The summed E-state index contributed by atoms with van der Waals surface area (Å²) in [5.74, 6) is 1.34. The standard InChI is InChI=1S/C17H20ClNO3/c1-11-3-5-16(12(2)7-11)22-17-6-4-13(8-15(17)18)19-9-14(21)10-20/h3-8,14,19-21H,9-10H2,1-2H3. The van der Waals surface area contributed by atoms with Crippen molar-refractivity contribution in [3.8, 4) is 11.5 Å². The molecule has 0 saturated heterocycles. The molecule has 22 heavy (non-hydrogen) atoms. The Labute approximate surface area is 135 Å². The van der Waals surface area contributed by atoms with Crippen molar-refractivity contribution >= 4 is 17.3 Å². The van der Waals surface area contributed by atoms with Gasteiger partial charge in [0.15, 0.2) is 0 Å². The number of benzene rings is 2. The molecule has 0 fully saturated rings. The van der Waals surface area contributed by atoms with Crippen molar-refractivity contribution in [3.05, 3.63) is 52.5 Å². The molecule has 0 saturated carbocycles. The molecule has 1 unspecified atom stereocenters.